The largest absolute Gasteiger partial charge is 0.497 e. The summed E-state index contributed by atoms with van der Waals surface area (Å²) >= 11 is 0. The molecule has 0 saturated heterocycles. The van der Waals surface area contributed by atoms with E-state index in [-0.39, 0.29) is 0 Å². The molecule has 3 aromatic rings. The number of nitrogens with zero attached hydrogens (tertiary/aromatic N) is 4. The van der Waals surface area contributed by atoms with Crippen LogP contribution >= 0.6 is 0 Å². The summed E-state index contributed by atoms with van der Waals surface area (Å²) in [6.45, 7) is 0. The highest BCUT2D eigenvalue weighted by atomic mass is 16.5. The van der Waals surface area contributed by atoms with Crippen molar-refractivity contribution in [2.75, 3.05) is 14.2 Å². The van der Waals surface area contributed by atoms with Crippen molar-refractivity contribution >= 4 is 5.78 Å². The van der Waals surface area contributed by atoms with E-state index in [1.165, 1.54) is 6.33 Å². The minimum Gasteiger partial charge on any atom is -0.497 e. The Kier molecular flexibility index (Phi) is 2.75. The van der Waals surface area contributed by atoms with Crippen LogP contribution in [0.3, 0.4) is 0 Å². The van der Waals surface area contributed by atoms with Crippen molar-refractivity contribution in [2.45, 2.75) is 0 Å². The molecule has 0 unspecified atom stereocenters. The van der Waals surface area contributed by atoms with Gasteiger partial charge in [-0.1, -0.05) is 0 Å². The number of imidazole rings is 1. The molecule has 0 spiro atoms. The number of fused-ring (bicyclic) bond motifs is 1. The molecular formula is C13H12N4O2. The number of aromatic nitrogens is 4. The van der Waals surface area contributed by atoms with E-state index in [4.69, 9.17) is 9.47 Å². The third kappa shape index (κ3) is 1.97. The predicted octanol–water partition coefficient (Wildman–Crippen LogP) is 1.81. The Morgan fingerprint density at radius 1 is 1.16 bits per heavy atom. The van der Waals surface area contributed by atoms with E-state index in [0.717, 1.165) is 17.0 Å². The molecule has 0 radical (unpaired) electrons. The maximum atomic E-state index is 5.37. The summed E-state index contributed by atoms with van der Waals surface area (Å²) in [4.78, 5) is 12.5. The molecule has 0 fully saturated rings. The number of benzene rings is 1. The Labute approximate surface area is 109 Å². The Balaban J connectivity index is 2.15. The Bertz CT molecular complexity index is 690. The van der Waals surface area contributed by atoms with Gasteiger partial charge in [-0.25, -0.2) is 15.0 Å². The van der Waals surface area contributed by atoms with Crippen LogP contribution in [0, 0.1) is 0 Å². The van der Waals surface area contributed by atoms with Gasteiger partial charge in [-0.15, -0.1) is 0 Å². The van der Waals surface area contributed by atoms with Crippen LogP contribution in [-0.4, -0.2) is 33.6 Å². The average Bonchev–Trinajstić information content (AvgIpc) is 2.90. The number of hydrogen-bond acceptors (Lipinski definition) is 5. The lowest BCUT2D eigenvalue weighted by Crippen LogP contribution is -1.90. The second-order valence-electron chi connectivity index (χ2n) is 3.91. The Morgan fingerprint density at radius 3 is 2.79 bits per heavy atom. The van der Waals surface area contributed by atoms with Crippen molar-refractivity contribution in [3.8, 4) is 22.8 Å². The fourth-order valence-corrected chi connectivity index (χ4v) is 1.89. The molecule has 1 aromatic carbocycles. The number of hydrogen-bond donors (Lipinski definition) is 0. The lowest BCUT2D eigenvalue weighted by atomic mass is 10.1. The zero-order valence-corrected chi connectivity index (χ0v) is 10.6. The van der Waals surface area contributed by atoms with Gasteiger partial charge in [-0.05, 0) is 12.1 Å². The van der Waals surface area contributed by atoms with Gasteiger partial charge in [-0.2, -0.15) is 0 Å². The average molecular weight is 256 g/mol. The van der Waals surface area contributed by atoms with E-state index in [9.17, 15) is 0 Å². The van der Waals surface area contributed by atoms with Crippen LogP contribution < -0.4 is 9.47 Å². The lowest BCUT2D eigenvalue weighted by molar-refractivity contribution is 0.395. The minimum absolute atomic E-state index is 0.600. The van der Waals surface area contributed by atoms with Gasteiger partial charge in [0, 0.05) is 17.8 Å². The molecule has 3 rings (SSSR count). The summed E-state index contributed by atoms with van der Waals surface area (Å²) in [5.74, 6) is 2.04. The zero-order valence-electron chi connectivity index (χ0n) is 10.6. The molecular weight excluding hydrogens is 244 g/mol. The summed E-state index contributed by atoms with van der Waals surface area (Å²) in [5.41, 5.74) is 1.66. The summed E-state index contributed by atoms with van der Waals surface area (Å²) in [6.07, 6.45) is 4.99. The molecule has 0 aliphatic carbocycles. The molecule has 6 heteroatoms. The minimum atomic E-state index is 0.600. The van der Waals surface area contributed by atoms with E-state index in [1.54, 1.807) is 24.9 Å². The van der Waals surface area contributed by atoms with Crippen LogP contribution in [0.1, 0.15) is 0 Å². The molecule has 19 heavy (non-hydrogen) atoms. The van der Waals surface area contributed by atoms with Gasteiger partial charge >= 0.3 is 0 Å². The first-order valence-electron chi connectivity index (χ1n) is 5.69. The number of rotatable bonds is 3. The summed E-state index contributed by atoms with van der Waals surface area (Å²) in [5, 5.41) is 0. The predicted molar refractivity (Wildman–Crippen MR) is 69.3 cm³/mol. The lowest BCUT2D eigenvalue weighted by Gasteiger charge is -2.08. The van der Waals surface area contributed by atoms with E-state index >= 15 is 0 Å². The topological polar surface area (TPSA) is 61.5 Å². The van der Waals surface area contributed by atoms with Gasteiger partial charge < -0.3 is 9.47 Å². The molecule has 0 amide bonds. The van der Waals surface area contributed by atoms with Crippen molar-refractivity contribution in [1.82, 2.24) is 19.4 Å². The van der Waals surface area contributed by atoms with Crippen LogP contribution in [-0.2, 0) is 0 Å². The maximum absolute atomic E-state index is 5.37. The van der Waals surface area contributed by atoms with E-state index in [0.29, 0.717) is 11.5 Å². The third-order valence-electron chi connectivity index (χ3n) is 2.83. The molecule has 0 bridgehead atoms. The summed E-state index contributed by atoms with van der Waals surface area (Å²) in [7, 11) is 3.24. The van der Waals surface area contributed by atoms with Gasteiger partial charge in [0.25, 0.3) is 0 Å². The highest BCUT2D eigenvalue weighted by Gasteiger charge is 2.11. The smallest absolute Gasteiger partial charge is 0.237 e. The Hall–Kier alpha value is -2.63. The molecule has 96 valence electrons. The maximum Gasteiger partial charge on any atom is 0.237 e. The second kappa shape index (κ2) is 4.56. The van der Waals surface area contributed by atoms with Gasteiger partial charge in [0.2, 0.25) is 5.78 Å². The van der Waals surface area contributed by atoms with Crippen LogP contribution in [0.25, 0.3) is 17.0 Å². The zero-order chi connectivity index (χ0) is 13.2. The molecule has 0 aliphatic rings. The van der Waals surface area contributed by atoms with Crippen LogP contribution in [0.4, 0.5) is 0 Å². The second-order valence-corrected chi connectivity index (χ2v) is 3.91. The molecule has 0 saturated carbocycles. The van der Waals surface area contributed by atoms with Gasteiger partial charge in [0.15, 0.2) is 0 Å². The van der Waals surface area contributed by atoms with Crippen molar-refractivity contribution in [1.29, 1.82) is 0 Å². The fraction of sp³-hybridized carbons (Fsp3) is 0.154. The van der Waals surface area contributed by atoms with Crippen molar-refractivity contribution in [3.63, 3.8) is 0 Å². The molecule has 0 N–H and O–H groups in total. The van der Waals surface area contributed by atoms with Crippen molar-refractivity contribution < 1.29 is 9.47 Å². The van der Waals surface area contributed by atoms with Gasteiger partial charge in [-0.3, -0.25) is 4.40 Å². The molecule has 0 aliphatic heterocycles. The van der Waals surface area contributed by atoms with Crippen LogP contribution in [0.15, 0.2) is 37.1 Å². The van der Waals surface area contributed by atoms with Crippen molar-refractivity contribution in [3.05, 3.63) is 37.1 Å². The SMILES string of the molecule is COc1ccc(-c2cn3cncnc3n2)c(OC)c1. The van der Waals surface area contributed by atoms with Crippen LogP contribution in [0.2, 0.25) is 0 Å². The quantitative estimate of drug-likeness (QED) is 0.715. The third-order valence-corrected chi connectivity index (χ3v) is 2.83. The first-order chi connectivity index (χ1) is 9.31. The fourth-order valence-electron chi connectivity index (χ4n) is 1.89. The standard InChI is InChI=1S/C13H12N4O2/c1-18-9-3-4-10(12(5-9)19-2)11-6-17-8-14-7-15-13(17)16-11/h3-8H,1-2H3. The number of ether oxygens (including phenoxy) is 2. The highest BCUT2D eigenvalue weighted by Crippen LogP contribution is 2.32. The normalized spacial score (nSPS) is 10.6. The highest BCUT2D eigenvalue weighted by molar-refractivity contribution is 5.69. The summed E-state index contributed by atoms with van der Waals surface area (Å²) in [6, 6.07) is 5.60. The molecule has 2 heterocycles. The van der Waals surface area contributed by atoms with Crippen molar-refractivity contribution in [2.24, 2.45) is 0 Å². The number of methoxy groups -OCH3 is 2. The first kappa shape index (κ1) is 11.5. The van der Waals surface area contributed by atoms with Gasteiger partial charge in [0.1, 0.15) is 24.2 Å². The van der Waals surface area contributed by atoms with E-state index in [2.05, 4.69) is 15.0 Å². The molecule has 0 atom stereocenters. The van der Waals surface area contributed by atoms with E-state index < -0.39 is 0 Å². The molecule has 2 aromatic heterocycles. The first-order valence-corrected chi connectivity index (χ1v) is 5.69. The molecule has 6 nitrogen and oxygen atoms in total. The summed E-state index contributed by atoms with van der Waals surface area (Å²) < 4.78 is 12.3. The van der Waals surface area contributed by atoms with E-state index in [1.807, 2.05) is 24.4 Å². The van der Waals surface area contributed by atoms with Crippen LogP contribution in [0.5, 0.6) is 11.5 Å². The van der Waals surface area contributed by atoms with Gasteiger partial charge in [0.05, 0.1) is 19.9 Å². The Morgan fingerprint density at radius 2 is 2.05 bits per heavy atom. The monoisotopic (exact) mass is 256 g/mol.